The molecule has 2 heterocycles. The van der Waals surface area contributed by atoms with Crippen molar-refractivity contribution in [3.05, 3.63) is 71.9 Å². The average molecular weight is 427 g/mol. The summed E-state index contributed by atoms with van der Waals surface area (Å²) in [6, 6.07) is 16.0. The van der Waals surface area contributed by atoms with Gasteiger partial charge in [-0.1, -0.05) is 42.5 Å². The molecule has 1 atom stereocenters. The van der Waals surface area contributed by atoms with Crippen molar-refractivity contribution in [2.24, 2.45) is 0 Å². The van der Waals surface area contributed by atoms with E-state index < -0.39 is 21.7 Å². The standard InChI is InChI=1S/C23H26N2O4S/c1-23(2,26)13-20-16-29-15-19-8-4-3-7-18(19)14-25(20)30(27,28)21-11-5-9-17-10-6-12-24-22(17)21/h3-12,20,26H,13-16H2,1-2H3/t20-/m1/s1. The van der Waals surface area contributed by atoms with Crippen LogP contribution in [0.2, 0.25) is 0 Å². The fraction of sp³-hybridized carbons (Fsp3) is 0.348. The van der Waals surface area contributed by atoms with Gasteiger partial charge in [0.25, 0.3) is 0 Å². The van der Waals surface area contributed by atoms with E-state index in [2.05, 4.69) is 4.98 Å². The number of aliphatic hydroxyl groups is 1. The molecule has 0 unspecified atom stereocenters. The molecule has 158 valence electrons. The van der Waals surface area contributed by atoms with Crippen molar-refractivity contribution in [1.29, 1.82) is 0 Å². The van der Waals surface area contributed by atoms with E-state index in [1.54, 1.807) is 38.2 Å². The molecular weight excluding hydrogens is 400 g/mol. The number of hydrogen-bond acceptors (Lipinski definition) is 5. The molecular formula is C23H26N2O4S. The highest BCUT2D eigenvalue weighted by Crippen LogP contribution is 2.31. The SMILES string of the molecule is CC(C)(O)C[C@@H]1COCc2ccccc2CN1S(=O)(=O)c1cccc2cccnc12. The van der Waals surface area contributed by atoms with Gasteiger partial charge in [0.1, 0.15) is 4.90 Å². The molecule has 7 heteroatoms. The Labute approximate surface area is 177 Å². The highest BCUT2D eigenvalue weighted by molar-refractivity contribution is 7.89. The lowest BCUT2D eigenvalue weighted by molar-refractivity contribution is 0.00856. The van der Waals surface area contributed by atoms with Gasteiger partial charge in [0.15, 0.2) is 0 Å². The molecule has 1 aliphatic heterocycles. The minimum absolute atomic E-state index is 0.166. The van der Waals surface area contributed by atoms with Gasteiger partial charge in [0, 0.05) is 18.1 Å². The van der Waals surface area contributed by atoms with Crippen LogP contribution in [0.5, 0.6) is 0 Å². The molecule has 4 rings (SSSR count). The highest BCUT2D eigenvalue weighted by Gasteiger charge is 2.37. The summed E-state index contributed by atoms with van der Waals surface area (Å²) in [5.74, 6) is 0. The maximum Gasteiger partial charge on any atom is 0.245 e. The topological polar surface area (TPSA) is 79.7 Å². The molecule has 0 bridgehead atoms. The van der Waals surface area contributed by atoms with Crippen LogP contribution in [0.1, 0.15) is 31.4 Å². The van der Waals surface area contributed by atoms with E-state index in [-0.39, 0.29) is 24.5 Å². The van der Waals surface area contributed by atoms with E-state index >= 15 is 0 Å². The molecule has 1 aliphatic rings. The number of nitrogens with zero attached hydrogens (tertiary/aromatic N) is 2. The van der Waals surface area contributed by atoms with E-state index in [0.717, 1.165) is 16.5 Å². The second kappa shape index (κ2) is 8.07. The third kappa shape index (κ3) is 4.25. The molecule has 1 aromatic heterocycles. The van der Waals surface area contributed by atoms with Crippen molar-refractivity contribution in [2.45, 2.75) is 50.0 Å². The van der Waals surface area contributed by atoms with Crippen molar-refractivity contribution < 1.29 is 18.3 Å². The van der Waals surface area contributed by atoms with E-state index in [4.69, 9.17) is 4.74 Å². The van der Waals surface area contributed by atoms with E-state index in [1.807, 2.05) is 36.4 Å². The van der Waals surface area contributed by atoms with Gasteiger partial charge in [0.2, 0.25) is 10.0 Å². The lowest BCUT2D eigenvalue weighted by Crippen LogP contribution is -2.47. The number of fused-ring (bicyclic) bond motifs is 2. The fourth-order valence-electron chi connectivity index (χ4n) is 3.97. The Morgan fingerprint density at radius 2 is 1.83 bits per heavy atom. The maximum absolute atomic E-state index is 13.9. The molecule has 1 N–H and O–H groups in total. The van der Waals surface area contributed by atoms with Crippen LogP contribution in [0.25, 0.3) is 10.9 Å². The number of pyridine rings is 1. The Morgan fingerprint density at radius 3 is 2.60 bits per heavy atom. The summed E-state index contributed by atoms with van der Waals surface area (Å²) < 4.78 is 35.2. The smallest absolute Gasteiger partial charge is 0.245 e. The van der Waals surface area contributed by atoms with Crippen LogP contribution in [-0.4, -0.2) is 41.1 Å². The van der Waals surface area contributed by atoms with Crippen LogP contribution in [0.4, 0.5) is 0 Å². The first kappa shape index (κ1) is 20.9. The molecule has 0 saturated heterocycles. The molecule has 0 saturated carbocycles. The fourth-order valence-corrected chi connectivity index (χ4v) is 5.72. The lowest BCUT2D eigenvalue weighted by atomic mass is 9.98. The first-order valence-corrected chi connectivity index (χ1v) is 11.4. The van der Waals surface area contributed by atoms with Gasteiger partial charge in [-0.2, -0.15) is 4.31 Å². The predicted octanol–water partition coefficient (Wildman–Crippen LogP) is 3.49. The van der Waals surface area contributed by atoms with Gasteiger partial charge in [-0.15, -0.1) is 0 Å². The van der Waals surface area contributed by atoms with E-state index in [9.17, 15) is 13.5 Å². The molecule has 0 fully saturated rings. The van der Waals surface area contributed by atoms with Crippen LogP contribution in [0.15, 0.2) is 65.7 Å². The zero-order valence-electron chi connectivity index (χ0n) is 17.2. The van der Waals surface area contributed by atoms with Gasteiger partial charge in [0.05, 0.1) is 30.4 Å². The number of para-hydroxylation sites is 1. The van der Waals surface area contributed by atoms with Gasteiger partial charge in [-0.25, -0.2) is 8.42 Å². The van der Waals surface area contributed by atoms with Crippen LogP contribution in [-0.2, 0) is 27.9 Å². The summed E-state index contributed by atoms with van der Waals surface area (Å²) in [4.78, 5) is 4.51. The molecule has 0 spiro atoms. The van der Waals surface area contributed by atoms with Crippen LogP contribution < -0.4 is 0 Å². The summed E-state index contributed by atoms with van der Waals surface area (Å²) in [5, 5.41) is 11.2. The van der Waals surface area contributed by atoms with E-state index in [0.29, 0.717) is 12.1 Å². The number of rotatable bonds is 4. The largest absolute Gasteiger partial charge is 0.390 e. The van der Waals surface area contributed by atoms with Gasteiger partial charge < -0.3 is 9.84 Å². The molecule has 3 aromatic rings. The third-order valence-electron chi connectivity index (χ3n) is 5.34. The summed E-state index contributed by atoms with van der Waals surface area (Å²) in [5.41, 5.74) is 1.26. The van der Waals surface area contributed by atoms with Gasteiger partial charge in [-0.05, 0) is 43.5 Å². The quantitative estimate of drug-likeness (QED) is 0.691. The zero-order valence-corrected chi connectivity index (χ0v) is 18.0. The molecule has 6 nitrogen and oxygen atoms in total. The number of sulfonamides is 1. The summed E-state index contributed by atoms with van der Waals surface area (Å²) >= 11 is 0. The number of ether oxygens (including phenoxy) is 1. The number of aromatic nitrogens is 1. The van der Waals surface area contributed by atoms with E-state index in [1.165, 1.54) is 4.31 Å². The Bertz CT molecular complexity index is 1150. The third-order valence-corrected chi connectivity index (χ3v) is 7.27. The van der Waals surface area contributed by atoms with Crippen molar-refractivity contribution in [1.82, 2.24) is 9.29 Å². The Morgan fingerprint density at radius 1 is 1.10 bits per heavy atom. The van der Waals surface area contributed by atoms with Crippen molar-refractivity contribution in [3.8, 4) is 0 Å². The van der Waals surface area contributed by atoms with Gasteiger partial charge in [-0.3, -0.25) is 4.98 Å². The second-order valence-electron chi connectivity index (χ2n) is 8.34. The minimum Gasteiger partial charge on any atom is -0.390 e. The molecule has 0 amide bonds. The highest BCUT2D eigenvalue weighted by atomic mass is 32.2. The van der Waals surface area contributed by atoms with Crippen molar-refractivity contribution in [3.63, 3.8) is 0 Å². The first-order valence-electron chi connectivity index (χ1n) is 9.98. The monoisotopic (exact) mass is 426 g/mol. The molecule has 0 aliphatic carbocycles. The lowest BCUT2D eigenvalue weighted by Gasteiger charge is -2.36. The normalized spacial score (nSPS) is 18.6. The zero-order chi connectivity index (χ0) is 21.4. The van der Waals surface area contributed by atoms with Crippen LogP contribution >= 0.6 is 0 Å². The average Bonchev–Trinajstić information content (AvgIpc) is 2.69. The van der Waals surface area contributed by atoms with Crippen LogP contribution in [0, 0.1) is 0 Å². The minimum atomic E-state index is -3.91. The maximum atomic E-state index is 13.9. The molecule has 2 aromatic carbocycles. The second-order valence-corrected chi connectivity index (χ2v) is 10.2. The Hall–Kier alpha value is -2.32. The van der Waals surface area contributed by atoms with Gasteiger partial charge >= 0.3 is 0 Å². The molecule has 30 heavy (non-hydrogen) atoms. The number of benzene rings is 2. The number of hydrogen-bond donors (Lipinski definition) is 1. The Balaban J connectivity index is 1.85. The predicted molar refractivity (Wildman–Crippen MR) is 115 cm³/mol. The van der Waals surface area contributed by atoms with Crippen LogP contribution in [0.3, 0.4) is 0 Å². The Kier molecular flexibility index (Phi) is 5.63. The summed E-state index contributed by atoms with van der Waals surface area (Å²) in [6.45, 7) is 4.21. The molecule has 0 radical (unpaired) electrons. The van der Waals surface area contributed by atoms with Crippen molar-refractivity contribution in [2.75, 3.05) is 6.61 Å². The summed E-state index contributed by atoms with van der Waals surface area (Å²) in [7, 11) is -3.91. The first-order chi connectivity index (χ1) is 14.3. The van der Waals surface area contributed by atoms with Crippen molar-refractivity contribution >= 4 is 20.9 Å². The summed E-state index contributed by atoms with van der Waals surface area (Å²) in [6.07, 6.45) is 1.86.